The van der Waals surface area contributed by atoms with Crippen molar-refractivity contribution < 1.29 is 14.2 Å². The summed E-state index contributed by atoms with van der Waals surface area (Å²) in [6.07, 6.45) is 7.32. The molecule has 0 aromatic carbocycles. The van der Waals surface area contributed by atoms with Crippen molar-refractivity contribution in [2.75, 3.05) is 13.2 Å². The van der Waals surface area contributed by atoms with E-state index in [9.17, 15) is 0 Å². The lowest BCUT2D eigenvalue weighted by atomic mass is 9.91. The molecule has 1 atom stereocenters. The standard InChI is InChI=1S/C13H24O3/c1-3-4-11(2)16-12-5-7-13(8-6-12)14-9-10-15-13/h11-12H,3-10H2,1-2H3. The maximum atomic E-state index is 6.02. The molecule has 1 saturated heterocycles. The van der Waals surface area contributed by atoms with Gasteiger partial charge in [0.05, 0.1) is 25.4 Å². The Morgan fingerprint density at radius 3 is 2.44 bits per heavy atom. The van der Waals surface area contributed by atoms with Gasteiger partial charge in [0.1, 0.15) is 0 Å². The Bertz CT molecular complexity index is 201. The molecule has 0 radical (unpaired) electrons. The van der Waals surface area contributed by atoms with Crippen molar-refractivity contribution >= 4 is 0 Å². The van der Waals surface area contributed by atoms with Crippen LogP contribution in [0.15, 0.2) is 0 Å². The predicted octanol–water partition coefficient (Wildman–Crippen LogP) is 2.88. The molecular formula is C13H24O3. The number of ether oxygens (including phenoxy) is 3. The van der Waals surface area contributed by atoms with Gasteiger partial charge < -0.3 is 14.2 Å². The topological polar surface area (TPSA) is 27.7 Å². The minimum Gasteiger partial charge on any atom is -0.375 e. The molecule has 0 amide bonds. The van der Waals surface area contributed by atoms with E-state index in [1.54, 1.807) is 0 Å². The van der Waals surface area contributed by atoms with Gasteiger partial charge in [-0.15, -0.1) is 0 Å². The Morgan fingerprint density at radius 1 is 1.25 bits per heavy atom. The van der Waals surface area contributed by atoms with E-state index in [0.29, 0.717) is 12.2 Å². The highest BCUT2D eigenvalue weighted by Gasteiger charge is 2.40. The molecule has 2 aliphatic rings. The Morgan fingerprint density at radius 2 is 1.88 bits per heavy atom. The number of hydrogen-bond donors (Lipinski definition) is 0. The summed E-state index contributed by atoms with van der Waals surface area (Å²) in [6.45, 7) is 5.90. The first-order valence-corrected chi connectivity index (χ1v) is 6.67. The zero-order valence-corrected chi connectivity index (χ0v) is 10.5. The molecule has 1 heterocycles. The second-order valence-corrected chi connectivity index (χ2v) is 5.04. The summed E-state index contributed by atoms with van der Waals surface area (Å²) in [4.78, 5) is 0. The molecule has 0 N–H and O–H groups in total. The lowest BCUT2D eigenvalue weighted by molar-refractivity contribution is -0.195. The summed E-state index contributed by atoms with van der Waals surface area (Å²) in [5.74, 6) is -0.242. The molecule has 1 saturated carbocycles. The van der Waals surface area contributed by atoms with Crippen molar-refractivity contribution in [3.05, 3.63) is 0 Å². The van der Waals surface area contributed by atoms with Crippen molar-refractivity contribution in [3.63, 3.8) is 0 Å². The van der Waals surface area contributed by atoms with E-state index in [1.165, 1.54) is 6.42 Å². The molecule has 1 aliphatic carbocycles. The molecular weight excluding hydrogens is 204 g/mol. The van der Waals surface area contributed by atoms with Gasteiger partial charge in [-0.2, -0.15) is 0 Å². The van der Waals surface area contributed by atoms with Crippen molar-refractivity contribution in [3.8, 4) is 0 Å². The van der Waals surface area contributed by atoms with Crippen molar-refractivity contribution in [1.29, 1.82) is 0 Å². The first kappa shape index (κ1) is 12.3. The third kappa shape index (κ3) is 2.96. The first-order chi connectivity index (χ1) is 7.74. The van der Waals surface area contributed by atoms with Crippen LogP contribution >= 0.6 is 0 Å². The Balaban J connectivity index is 1.72. The molecule has 0 aromatic rings. The quantitative estimate of drug-likeness (QED) is 0.740. The largest absolute Gasteiger partial charge is 0.375 e. The summed E-state index contributed by atoms with van der Waals surface area (Å²) >= 11 is 0. The fourth-order valence-electron chi connectivity index (χ4n) is 2.76. The molecule has 0 aromatic heterocycles. The number of rotatable bonds is 4. The maximum Gasteiger partial charge on any atom is 0.168 e. The molecule has 94 valence electrons. The normalized spacial score (nSPS) is 27.4. The van der Waals surface area contributed by atoms with E-state index in [1.807, 2.05) is 0 Å². The fraction of sp³-hybridized carbons (Fsp3) is 1.00. The summed E-state index contributed by atoms with van der Waals surface area (Å²) < 4.78 is 17.4. The van der Waals surface area contributed by atoms with Crippen molar-refractivity contribution in [1.82, 2.24) is 0 Å². The first-order valence-electron chi connectivity index (χ1n) is 6.67. The zero-order chi connectivity index (χ0) is 11.4. The molecule has 0 bridgehead atoms. The maximum absolute atomic E-state index is 6.02. The summed E-state index contributed by atoms with van der Waals surface area (Å²) in [6, 6.07) is 0. The summed E-state index contributed by atoms with van der Waals surface area (Å²) in [5, 5.41) is 0. The summed E-state index contributed by atoms with van der Waals surface area (Å²) in [5.41, 5.74) is 0. The molecule has 2 fully saturated rings. The lowest BCUT2D eigenvalue weighted by Gasteiger charge is -2.36. The van der Waals surface area contributed by atoms with Crippen LogP contribution in [0, 0.1) is 0 Å². The van der Waals surface area contributed by atoms with Gasteiger partial charge in [-0.25, -0.2) is 0 Å². The fourth-order valence-corrected chi connectivity index (χ4v) is 2.76. The van der Waals surface area contributed by atoms with Crippen molar-refractivity contribution in [2.45, 2.75) is 70.4 Å². The van der Waals surface area contributed by atoms with E-state index in [2.05, 4.69) is 13.8 Å². The second-order valence-electron chi connectivity index (χ2n) is 5.04. The van der Waals surface area contributed by atoms with Crippen LogP contribution < -0.4 is 0 Å². The van der Waals surface area contributed by atoms with Crippen LogP contribution in [0.5, 0.6) is 0 Å². The predicted molar refractivity (Wildman–Crippen MR) is 62.3 cm³/mol. The third-order valence-corrected chi connectivity index (χ3v) is 3.63. The van der Waals surface area contributed by atoms with Crippen LogP contribution in [0.3, 0.4) is 0 Å². The van der Waals surface area contributed by atoms with E-state index in [0.717, 1.165) is 45.3 Å². The van der Waals surface area contributed by atoms with E-state index in [4.69, 9.17) is 14.2 Å². The molecule has 16 heavy (non-hydrogen) atoms. The van der Waals surface area contributed by atoms with Crippen LogP contribution in [0.2, 0.25) is 0 Å². The molecule has 1 spiro atoms. The van der Waals surface area contributed by atoms with Gasteiger partial charge in [0, 0.05) is 12.8 Å². The van der Waals surface area contributed by atoms with E-state index in [-0.39, 0.29) is 5.79 Å². The molecule has 1 unspecified atom stereocenters. The number of hydrogen-bond acceptors (Lipinski definition) is 3. The monoisotopic (exact) mass is 228 g/mol. The van der Waals surface area contributed by atoms with Crippen molar-refractivity contribution in [2.24, 2.45) is 0 Å². The van der Waals surface area contributed by atoms with Gasteiger partial charge in [0.15, 0.2) is 5.79 Å². The van der Waals surface area contributed by atoms with Gasteiger partial charge in [-0.3, -0.25) is 0 Å². The SMILES string of the molecule is CCCC(C)OC1CCC2(CC1)OCCO2. The van der Waals surface area contributed by atoms with Crippen LogP contribution in [-0.2, 0) is 14.2 Å². The van der Waals surface area contributed by atoms with E-state index >= 15 is 0 Å². The summed E-state index contributed by atoms with van der Waals surface area (Å²) in [7, 11) is 0. The lowest BCUT2D eigenvalue weighted by Crippen LogP contribution is -2.38. The van der Waals surface area contributed by atoms with Crippen LogP contribution in [-0.4, -0.2) is 31.2 Å². The van der Waals surface area contributed by atoms with Gasteiger partial charge >= 0.3 is 0 Å². The van der Waals surface area contributed by atoms with Gasteiger partial charge in [-0.05, 0) is 26.2 Å². The average Bonchev–Trinajstić information content (AvgIpc) is 2.71. The highest BCUT2D eigenvalue weighted by atomic mass is 16.7. The van der Waals surface area contributed by atoms with Crippen LogP contribution in [0.4, 0.5) is 0 Å². The zero-order valence-electron chi connectivity index (χ0n) is 10.5. The van der Waals surface area contributed by atoms with Gasteiger partial charge in [0.2, 0.25) is 0 Å². The van der Waals surface area contributed by atoms with Crippen LogP contribution in [0.1, 0.15) is 52.4 Å². The minimum absolute atomic E-state index is 0.242. The third-order valence-electron chi connectivity index (χ3n) is 3.63. The highest BCUT2D eigenvalue weighted by Crippen LogP contribution is 2.37. The molecule has 2 rings (SSSR count). The molecule has 3 heteroatoms. The van der Waals surface area contributed by atoms with Gasteiger partial charge in [0.25, 0.3) is 0 Å². The Kier molecular flexibility index (Phi) is 4.22. The van der Waals surface area contributed by atoms with Gasteiger partial charge in [-0.1, -0.05) is 13.3 Å². The van der Waals surface area contributed by atoms with Crippen LogP contribution in [0.25, 0.3) is 0 Å². The Labute approximate surface area is 98.4 Å². The minimum atomic E-state index is -0.242. The Hall–Kier alpha value is -0.120. The molecule has 1 aliphatic heterocycles. The smallest absolute Gasteiger partial charge is 0.168 e. The second kappa shape index (κ2) is 5.48. The molecule has 3 nitrogen and oxygen atoms in total. The highest BCUT2D eigenvalue weighted by molar-refractivity contribution is 4.83. The van der Waals surface area contributed by atoms with E-state index < -0.39 is 0 Å². The average molecular weight is 228 g/mol.